The third-order valence-corrected chi connectivity index (χ3v) is 1.09. The normalized spacial score (nSPS) is 19.1. The lowest BCUT2D eigenvalue weighted by Crippen LogP contribution is -1.96. The van der Waals surface area contributed by atoms with E-state index in [0.717, 1.165) is 12.8 Å². The summed E-state index contributed by atoms with van der Waals surface area (Å²) >= 11 is 0. The molecule has 0 atom stereocenters. The predicted molar refractivity (Wildman–Crippen MR) is 33.6 cm³/mol. The smallest absolute Gasteiger partial charge is 0.335 e. The van der Waals surface area contributed by atoms with Crippen LogP contribution in [0.4, 0.5) is 0 Å². The molecule has 2 nitrogen and oxygen atoms in total. The second-order valence-electron chi connectivity index (χ2n) is 1.90. The Bertz CT molecular complexity index is 168. The first-order chi connectivity index (χ1) is 4.29. The molecule has 0 aromatic rings. The summed E-state index contributed by atoms with van der Waals surface area (Å²) in [5.74, 6) is 0.252. The average Bonchev–Trinajstić information content (AvgIpc) is 1.93. The van der Waals surface area contributed by atoms with E-state index >= 15 is 0 Å². The lowest BCUT2D eigenvalue weighted by atomic mass is 10.3. The van der Waals surface area contributed by atoms with Gasteiger partial charge in [-0.05, 0) is 6.42 Å². The molecule has 1 aliphatic heterocycles. The van der Waals surface area contributed by atoms with Gasteiger partial charge in [0.1, 0.15) is 5.76 Å². The monoisotopic (exact) mass is 124 g/mol. The van der Waals surface area contributed by atoms with Crippen molar-refractivity contribution in [3.63, 3.8) is 0 Å². The molecule has 0 spiro atoms. The minimum Gasteiger partial charge on any atom is -0.429 e. The van der Waals surface area contributed by atoms with Crippen LogP contribution in [0.3, 0.4) is 0 Å². The van der Waals surface area contributed by atoms with Gasteiger partial charge in [0, 0.05) is 12.5 Å². The van der Waals surface area contributed by atoms with Crippen LogP contribution in [0.2, 0.25) is 0 Å². The fourth-order valence-corrected chi connectivity index (χ4v) is 0.651. The number of allylic oxidation sites excluding steroid dienone is 2. The Labute approximate surface area is 53.8 Å². The topological polar surface area (TPSA) is 26.3 Å². The van der Waals surface area contributed by atoms with E-state index in [1.165, 1.54) is 6.08 Å². The van der Waals surface area contributed by atoms with Gasteiger partial charge in [0.05, 0.1) is 0 Å². The maximum atomic E-state index is 10.5. The van der Waals surface area contributed by atoms with E-state index < -0.39 is 0 Å². The summed E-state index contributed by atoms with van der Waals surface area (Å²) in [5, 5.41) is 0. The number of esters is 1. The summed E-state index contributed by atoms with van der Waals surface area (Å²) in [6, 6.07) is 0. The molecule has 0 saturated heterocycles. The van der Waals surface area contributed by atoms with E-state index in [2.05, 4.69) is 6.58 Å². The van der Waals surface area contributed by atoms with Crippen LogP contribution >= 0.6 is 0 Å². The van der Waals surface area contributed by atoms with Gasteiger partial charge in [-0.3, -0.25) is 0 Å². The lowest BCUT2D eigenvalue weighted by Gasteiger charge is -1.97. The molecule has 1 heterocycles. The van der Waals surface area contributed by atoms with Gasteiger partial charge < -0.3 is 4.74 Å². The van der Waals surface area contributed by atoms with Crippen LogP contribution in [0.5, 0.6) is 0 Å². The Hall–Kier alpha value is -1.05. The average molecular weight is 124 g/mol. The van der Waals surface area contributed by atoms with Crippen molar-refractivity contribution >= 4 is 5.97 Å². The highest BCUT2D eigenvalue weighted by Crippen LogP contribution is 2.09. The van der Waals surface area contributed by atoms with E-state index in [9.17, 15) is 4.79 Å². The Morgan fingerprint density at radius 2 is 2.44 bits per heavy atom. The van der Waals surface area contributed by atoms with Gasteiger partial charge in [0.25, 0.3) is 0 Å². The third-order valence-electron chi connectivity index (χ3n) is 1.09. The molecule has 0 radical (unpaired) electrons. The lowest BCUT2D eigenvalue weighted by molar-refractivity contribution is -0.133. The maximum Gasteiger partial charge on any atom is 0.335 e. The van der Waals surface area contributed by atoms with Crippen LogP contribution in [-0.2, 0) is 9.53 Å². The molecule has 48 valence electrons. The van der Waals surface area contributed by atoms with Gasteiger partial charge in [-0.15, -0.1) is 0 Å². The van der Waals surface area contributed by atoms with Crippen LogP contribution in [0, 0.1) is 0 Å². The molecule has 0 N–H and O–H groups in total. The van der Waals surface area contributed by atoms with Crippen LogP contribution in [-0.4, -0.2) is 5.97 Å². The first kappa shape index (κ1) is 6.08. The van der Waals surface area contributed by atoms with Gasteiger partial charge in [-0.1, -0.05) is 12.7 Å². The molecule has 0 bridgehead atoms. The first-order valence-electron chi connectivity index (χ1n) is 2.85. The van der Waals surface area contributed by atoms with Gasteiger partial charge >= 0.3 is 5.97 Å². The number of ether oxygens (including phenoxy) is 1. The van der Waals surface area contributed by atoms with Crippen molar-refractivity contribution in [1.82, 2.24) is 0 Å². The zero-order valence-corrected chi connectivity index (χ0v) is 5.09. The van der Waals surface area contributed by atoms with E-state index in [1.807, 2.05) is 0 Å². The molecule has 0 aliphatic carbocycles. The number of rotatable bonds is 0. The van der Waals surface area contributed by atoms with Crippen LogP contribution in [0.25, 0.3) is 0 Å². The Morgan fingerprint density at radius 3 is 3.22 bits per heavy atom. The summed E-state index contributed by atoms with van der Waals surface area (Å²) in [6.45, 7) is 3.54. The van der Waals surface area contributed by atoms with Crippen molar-refractivity contribution in [1.29, 1.82) is 0 Å². The van der Waals surface area contributed by atoms with E-state index in [0.29, 0.717) is 5.76 Å². The van der Waals surface area contributed by atoms with Gasteiger partial charge in [-0.2, -0.15) is 0 Å². The molecule has 0 aromatic carbocycles. The standard InChI is InChI=1S/C7H8O2/c1-6-4-2-3-5-7(8)9-6/h3,5H,1-2,4H2. The number of hydrogen-bond donors (Lipinski definition) is 0. The molecule has 2 heteroatoms. The molecule has 0 unspecified atom stereocenters. The molecule has 0 amide bonds. The fraction of sp³-hybridized carbons (Fsp3) is 0.286. The highest BCUT2D eigenvalue weighted by molar-refractivity contribution is 5.83. The van der Waals surface area contributed by atoms with Crippen molar-refractivity contribution in [2.24, 2.45) is 0 Å². The molecule has 9 heavy (non-hydrogen) atoms. The third kappa shape index (κ3) is 1.72. The Morgan fingerprint density at radius 1 is 1.67 bits per heavy atom. The summed E-state index contributed by atoms with van der Waals surface area (Å²) in [4.78, 5) is 10.5. The Balaban J connectivity index is 2.61. The molecular weight excluding hydrogens is 116 g/mol. The fourth-order valence-electron chi connectivity index (χ4n) is 0.651. The van der Waals surface area contributed by atoms with Crippen molar-refractivity contribution in [2.75, 3.05) is 0 Å². The first-order valence-corrected chi connectivity index (χ1v) is 2.85. The maximum absolute atomic E-state index is 10.5. The second kappa shape index (κ2) is 2.49. The van der Waals surface area contributed by atoms with Crippen molar-refractivity contribution in [3.8, 4) is 0 Å². The minimum atomic E-state index is -0.308. The zero-order valence-electron chi connectivity index (χ0n) is 5.09. The highest BCUT2D eigenvalue weighted by Gasteiger charge is 2.03. The number of cyclic esters (lactones) is 1. The second-order valence-corrected chi connectivity index (χ2v) is 1.90. The quantitative estimate of drug-likeness (QED) is 0.456. The SMILES string of the molecule is C=C1CCC=CC(=O)O1. The molecule has 1 rings (SSSR count). The minimum absolute atomic E-state index is 0.308. The summed E-state index contributed by atoms with van der Waals surface area (Å²) in [6.07, 6.45) is 4.82. The van der Waals surface area contributed by atoms with Crippen molar-refractivity contribution in [3.05, 3.63) is 24.5 Å². The van der Waals surface area contributed by atoms with Crippen LogP contribution in [0.15, 0.2) is 24.5 Å². The van der Waals surface area contributed by atoms with Gasteiger partial charge in [0.15, 0.2) is 0 Å². The van der Waals surface area contributed by atoms with E-state index in [1.54, 1.807) is 6.08 Å². The largest absolute Gasteiger partial charge is 0.429 e. The predicted octanol–water partition coefficient (Wildman–Crippen LogP) is 1.39. The highest BCUT2D eigenvalue weighted by atomic mass is 16.5. The summed E-state index contributed by atoms with van der Waals surface area (Å²) < 4.78 is 4.69. The molecule has 0 fully saturated rings. The number of carbonyl (C=O) groups excluding carboxylic acids is 1. The number of hydrogen-bond acceptors (Lipinski definition) is 2. The summed E-state index contributed by atoms with van der Waals surface area (Å²) in [7, 11) is 0. The van der Waals surface area contributed by atoms with Crippen LogP contribution in [0.1, 0.15) is 12.8 Å². The van der Waals surface area contributed by atoms with E-state index in [4.69, 9.17) is 4.74 Å². The molecule has 0 aromatic heterocycles. The zero-order chi connectivity index (χ0) is 6.69. The van der Waals surface area contributed by atoms with Crippen LogP contribution < -0.4 is 0 Å². The van der Waals surface area contributed by atoms with E-state index in [-0.39, 0.29) is 5.97 Å². The van der Waals surface area contributed by atoms with Crippen molar-refractivity contribution < 1.29 is 9.53 Å². The molecule has 0 saturated carbocycles. The number of carbonyl (C=O) groups is 1. The van der Waals surface area contributed by atoms with Gasteiger partial charge in [-0.25, -0.2) is 4.79 Å². The van der Waals surface area contributed by atoms with Crippen molar-refractivity contribution in [2.45, 2.75) is 12.8 Å². The molecular formula is C7H8O2. The molecule has 1 aliphatic rings. The van der Waals surface area contributed by atoms with Gasteiger partial charge in [0.2, 0.25) is 0 Å². The summed E-state index contributed by atoms with van der Waals surface area (Å²) in [5.41, 5.74) is 0. The Kier molecular flexibility index (Phi) is 1.68.